The molecule has 3 heterocycles. The van der Waals surface area contributed by atoms with Crippen molar-refractivity contribution in [2.24, 2.45) is 5.92 Å². The quantitative estimate of drug-likeness (QED) is 0.585. The predicted molar refractivity (Wildman–Crippen MR) is 112 cm³/mol. The van der Waals surface area contributed by atoms with Gasteiger partial charge in [0.2, 0.25) is 10.0 Å². The molecular formula is C22H22F2N2O6S. The van der Waals surface area contributed by atoms with E-state index in [4.69, 9.17) is 9.84 Å². The maximum atomic E-state index is 13.9. The van der Waals surface area contributed by atoms with Gasteiger partial charge in [-0.1, -0.05) is 12.1 Å². The topological polar surface area (TPSA) is 113 Å². The Balaban J connectivity index is 1.63. The Morgan fingerprint density at radius 1 is 1.09 bits per heavy atom. The standard InChI is InChI=1S/C22H22F2N2O6S/c23-17-5-4-14(11-18(17)24)20(22(29)32-19-12-26-8-6-13(19)7-9-26)25-33(30,31)16-3-1-2-15(10-16)21(27)28/h1-5,10-11,13,19-20,25H,6-9,12H2,(H,27,28)/t19-,20?/m0/s1. The van der Waals surface area contributed by atoms with Gasteiger partial charge in [0, 0.05) is 6.54 Å². The van der Waals surface area contributed by atoms with Gasteiger partial charge in [0.15, 0.2) is 11.6 Å². The summed E-state index contributed by atoms with van der Waals surface area (Å²) in [6, 6.07) is 5.52. The first-order valence-electron chi connectivity index (χ1n) is 10.4. The molecule has 2 aromatic carbocycles. The van der Waals surface area contributed by atoms with E-state index in [2.05, 4.69) is 9.62 Å². The fraction of sp³-hybridized carbons (Fsp3) is 0.364. The number of nitrogens with zero attached hydrogens (tertiary/aromatic N) is 1. The lowest BCUT2D eigenvalue weighted by atomic mass is 9.86. The number of carbonyl (C=O) groups excluding carboxylic acids is 1. The Labute approximate surface area is 189 Å². The minimum Gasteiger partial charge on any atom is -0.478 e. The van der Waals surface area contributed by atoms with Crippen molar-refractivity contribution < 1.29 is 36.6 Å². The largest absolute Gasteiger partial charge is 0.478 e. The fourth-order valence-electron chi connectivity index (χ4n) is 4.23. The van der Waals surface area contributed by atoms with Gasteiger partial charge in [-0.2, -0.15) is 4.72 Å². The highest BCUT2D eigenvalue weighted by molar-refractivity contribution is 7.89. The summed E-state index contributed by atoms with van der Waals surface area (Å²) in [4.78, 5) is 26.1. The number of carboxylic acid groups (broad SMARTS) is 1. The lowest BCUT2D eigenvalue weighted by molar-refractivity contribution is -0.161. The third-order valence-electron chi connectivity index (χ3n) is 6.04. The van der Waals surface area contributed by atoms with Crippen molar-refractivity contribution in [1.29, 1.82) is 0 Å². The normalized spacial score (nSPS) is 23.2. The van der Waals surface area contributed by atoms with Crippen molar-refractivity contribution in [1.82, 2.24) is 9.62 Å². The number of carbonyl (C=O) groups is 2. The van der Waals surface area contributed by atoms with Gasteiger partial charge in [-0.3, -0.25) is 4.90 Å². The molecule has 2 N–H and O–H groups in total. The smallest absolute Gasteiger partial charge is 0.335 e. The highest BCUT2D eigenvalue weighted by atomic mass is 32.2. The number of piperidine rings is 3. The summed E-state index contributed by atoms with van der Waals surface area (Å²) in [5, 5.41) is 9.14. The zero-order chi connectivity index (χ0) is 23.8. The van der Waals surface area contributed by atoms with Crippen LogP contribution in [0.3, 0.4) is 0 Å². The molecule has 176 valence electrons. The number of carboxylic acids is 1. The number of nitrogens with one attached hydrogen (secondary N) is 1. The van der Waals surface area contributed by atoms with Crippen LogP contribution in [0, 0.1) is 17.6 Å². The van der Waals surface area contributed by atoms with Crippen molar-refractivity contribution in [2.45, 2.75) is 29.9 Å². The fourth-order valence-corrected chi connectivity index (χ4v) is 5.44. The SMILES string of the molecule is O=C(O)c1cccc(S(=O)(=O)NC(C(=O)O[C@H]2CN3CCC2CC3)c2ccc(F)c(F)c2)c1. The molecular weight excluding hydrogens is 458 g/mol. The summed E-state index contributed by atoms with van der Waals surface area (Å²) >= 11 is 0. The minimum absolute atomic E-state index is 0.141. The first-order chi connectivity index (χ1) is 15.6. The molecule has 0 radical (unpaired) electrons. The van der Waals surface area contributed by atoms with Crippen molar-refractivity contribution in [3.8, 4) is 0 Å². The molecule has 2 aromatic rings. The Hall–Kier alpha value is -2.89. The summed E-state index contributed by atoms with van der Waals surface area (Å²) < 4.78 is 61.1. The number of sulfonamides is 1. The Morgan fingerprint density at radius 3 is 2.42 bits per heavy atom. The highest BCUT2D eigenvalue weighted by Crippen LogP contribution is 2.31. The summed E-state index contributed by atoms with van der Waals surface area (Å²) in [5.41, 5.74) is -0.407. The maximum Gasteiger partial charge on any atom is 0.335 e. The minimum atomic E-state index is -4.42. The zero-order valence-corrected chi connectivity index (χ0v) is 18.2. The third-order valence-corrected chi connectivity index (χ3v) is 7.46. The van der Waals surface area contributed by atoms with E-state index >= 15 is 0 Å². The molecule has 0 aromatic heterocycles. The lowest BCUT2D eigenvalue weighted by Crippen LogP contribution is -2.52. The number of rotatable bonds is 7. The van der Waals surface area contributed by atoms with Crippen LogP contribution in [0.25, 0.3) is 0 Å². The number of hydrogen-bond donors (Lipinski definition) is 2. The van der Waals surface area contributed by atoms with Crippen molar-refractivity contribution >= 4 is 22.0 Å². The molecule has 0 spiro atoms. The number of fused-ring (bicyclic) bond motifs is 3. The van der Waals surface area contributed by atoms with E-state index in [0.717, 1.165) is 56.3 Å². The van der Waals surface area contributed by atoms with Gasteiger partial charge in [0.05, 0.1) is 10.5 Å². The van der Waals surface area contributed by atoms with Gasteiger partial charge < -0.3 is 9.84 Å². The average Bonchev–Trinajstić information content (AvgIpc) is 2.80. The van der Waals surface area contributed by atoms with Crippen LogP contribution >= 0.6 is 0 Å². The zero-order valence-electron chi connectivity index (χ0n) is 17.4. The molecule has 8 nitrogen and oxygen atoms in total. The summed E-state index contributed by atoms with van der Waals surface area (Å²) in [6.45, 7) is 2.32. The van der Waals surface area contributed by atoms with E-state index in [0.29, 0.717) is 6.54 Å². The molecule has 0 amide bonds. The number of esters is 1. The van der Waals surface area contributed by atoms with Gasteiger partial charge in [-0.15, -0.1) is 0 Å². The number of benzene rings is 2. The number of halogens is 2. The van der Waals surface area contributed by atoms with E-state index in [1.807, 2.05) is 0 Å². The van der Waals surface area contributed by atoms with E-state index < -0.39 is 50.6 Å². The van der Waals surface area contributed by atoms with Gasteiger partial charge in [0.1, 0.15) is 12.1 Å². The second kappa shape index (κ2) is 9.16. The van der Waals surface area contributed by atoms with Crippen LogP contribution in [0.5, 0.6) is 0 Å². The molecule has 11 heteroatoms. The third kappa shape index (κ3) is 5.05. The molecule has 33 heavy (non-hydrogen) atoms. The number of hydrogen-bond acceptors (Lipinski definition) is 6. The van der Waals surface area contributed by atoms with Gasteiger partial charge in [0.25, 0.3) is 0 Å². The Bertz CT molecular complexity index is 1180. The highest BCUT2D eigenvalue weighted by Gasteiger charge is 2.39. The van der Waals surface area contributed by atoms with E-state index in [-0.39, 0.29) is 17.0 Å². The van der Waals surface area contributed by atoms with E-state index in [1.54, 1.807) is 0 Å². The van der Waals surface area contributed by atoms with Crippen LogP contribution < -0.4 is 4.72 Å². The van der Waals surface area contributed by atoms with Crippen LogP contribution in [-0.2, 0) is 19.6 Å². The molecule has 0 aliphatic carbocycles. The van der Waals surface area contributed by atoms with Crippen LogP contribution in [0.1, 0.15) is 34.8 Å². The van der Waals surface area contributed by atoms with Gasteiger partial charge in [-0.25, -0.2) is 26.8 Å². The molecule has 3 fully saturated rings. The molecule has 3 aliphatic heterocycles. The molecule has 3 aliphatic rings. The summed E-state index contributed by atoms with van der Waals surface area (Å²) in [6.07, 6.45) is 1.26. The number of aromatic carboxylic acids is 1. The second-order valence-corrected chi connectivity index (χ2v) is 9.89. The van der Waals surface area contributed by atoms with Crippen LogP contribution in [0.2, 0.25) is 0 Å². The van der Waals surface area contributed by atoms with Crippen molar-refractivity contribution in [2.75, 3.05) is 19.6 Å². The monoisotopic (exact) mass is 480 g/mol. The first kappa shape index (κ1) is 23.3. The molecule has 2 bridgehead atoms. The summed E-state index contributed by atoms with van der Waals surface area (Å²) in [7, 11) is -4.42. The number of ether oxygens (including phenoxy) is 1. The average molecular weight is 480 g/mol. The molecule has 3 saturated heterocycles. The van der Waals surface area contributed by atoms with Crippen LogP contribution in [0.15, 0.2) is 47.4 Å². The van der Waals surface area contributed by atoms with Crippen molar-refractivity contribution in [3.63, 3.8) is 0 Å². The molecule has 0 saturated carbocycles. The van der Waals surface area contributed by atoms with Gasteiger partial charge in [-0.05, 0) is 67.7 Å². The second-order valence-electron chi connectivity index (χ2n) is 8.17. The molecule has 1 unspecified atom stereocenters. The van der Waals surface area contributed by atoms with Crippen LogP contribution in [0.4, 0.5) is 8.78 Å². The van der Waals surface area contributed by atoms with Crippen molar-refractivity contribution in [3.05, 3.63) is 65.2 Å². The Morgan fingerprint density at radius 2 is 1.82 bits per heavy atom. The van der Waals surface area contributed by atoms with Gasteiger partial charge >= 0.3 is 11.9 Å². The predicted octanol–water partition coefficient (Wildman–Crippen LogP) is 2.32. The lowest BCUT2D eigenvalue weighted by Gasteiger charge is -2.44. The van der Waals surface area contributed by atoms with E-state index in [9.17, 15) is 26.8 Å². The van der Waals surface area contributed by atoms with Crippen LogP contribution in [-0.4, -0.2) is 56.1 Å². The molecule has 2 atom stereocenters. The molecule has 5 rings (SSSR count). The first-order valence-corrected chi connectivity index (χ1v) is 11.9. The summed E-state index contributed by atoms with van der Waals surface area (Å²) in [5.74, 6) is -4.53. The van der Waals surface area contributed by atoms with E-state index in [1.165, 1.54) is 12.1 Å². The Kier molecular flexibility index (Phi) is 6.46. The maximum absolute atomic E-state index is 13.9.